The number of carbonyl (C=O) groups excluding carboxylic acids is 1. The fraction of sp³-hybridized carbons (Fsp3) is 0.143. The zero-order valence-corrected chi connectivity index (χ0v) is 12.2. The number of pyridine rings is 2. The van der Waals surface area contributed by atoms with E-state index in [0.717, 1.165) is 16.7 Å². The van der Waals surface area contributed by atoms with Gasteiger partial charge in [-0.1, -0.05) is 11.6 Å². The third-order valence-corrected chi connectivity index (χ3v) is 3.43. The van der Waals surface area contributed by atoms with Crippen LogP contribution in [-0.4, -0.2) is 25.7 Å². The zero-order chi connectivity index (χ0) is 15.0. The standard InChI is InChI=1S/C14H12ClN5O/c1-8-11-6-9(7-17-13(11)20(2)19-8)18-14(21)10-4-3-5-16-12(10)15/h3-7H,1-2H3,(H,18,21). The first-order valence-corrected chi connectivity index (χ1v) is 6.65. The fourth-order valence-corrected chi connectivity index (χ4v) is 2.34. The van der Waals surface area contributed by atoms with E-state index >= 15 is 0 Å². The molecule has 6 nitrogen and oxygen atoms in total. The van der Waals surface area contributed by atoms with Gasteiger partial charge in [0, 0.05) is 18.6 Å². The van der Waals surface area contributed by atoms with Gasteiger partial charge in [-0.15, -0.1) is 0 Å². The van der Waals surface area contributed by atoms with Crippen molar-refractivity contribution in [1.82, 2.24) is 19.7 Å². The maximum absolute atomic E-state index is 12.2. The minimum atomic E-state index is -0.323. The molecule has 0 saturated carbocycles. The maximum Gasteiger partial charge on any atom is 0.258 e. The number of amides is 1. The number of carbonyl (C=O) groups is 1. The Bertz CT molecular complexity index is 842. The molecule has 0 fully saturated rings. The Hall–Kier alpha value is -2.47. The molecule has 21 heavy (non-hydrogen) atoms. The number of aromatic nitrogens is 4. The van der Waals surface area contributed by atoms with Gasteiger partial charge in [-0.05, 0) is 25.1 Å². The van der Waals surface area contributed by atoms with Gasteiger partial charge in [0.05, 0.1) is 23.1 Å². The number of aryl methyl sites for hydroxylation is 2. The molecule has 1 N–H and O–H groups in total. The summed E-state index contributed by atoms with van der Waals surface area (Å²) in [6.45, 7) is 1.90. The maximum atomic E-state index is 12.2. The summed E-state index contributed by atoms with van der Waals surface area (Å²) >= 11 is 5.91. The molecule has 0 aromatic carbocycles. The van der Waals surface area contributed by atoms with Crippen molar-refractivity contribution in [2.45, 2.75) is 6.92 Å². The molecule has 106 valence electrons. The van der Waals surface area contributed by atoms with Crippen LogP contribution >= 0.6 is 11.6 Å². The Kier molecular flexibility index (Phi) is 3.31. The van der Waals surface area contributed by atoms with Gasteiger partial charge in [-0.2, -0.15) is 5.10 Å². The average molecular weight is 302 g/mol. The van der Waals surface area contributed by atoms with Crippen molar-refractivity contribution in [2.75, 3.05) is 5.32 Å². The van der Waals surface area contributed by atoms with Crippen LogP contribution in [0.3, 0.4) is 0 Å². The Morgan fingerprint density at radius 2 is 2.19 bits per heavy atom. The molecule has 0 atom stereocenters. The smallest absolute Gasteiger partial charge is 0.258 e. The summed E-state index contributed by atoms with van der Waals surface area (Å²) in [6, 6.07) is 5.12. The van der Waals surface area contributed by atoms with Gasteiger partial charge in [0.1, 0.15) is 5.15 Å². The zero-order valence-electron chi connectivity index (χ0n) is 11.5. The van der Waals surface area contributed by atoms with Crippen LogP contribution in [0.25, 0.3) is 11.0 Å². The van der Waals surface area contributed by atoms with Crippen LogP contribution in [0.1, 0.15) is 16.1 Å². The predicted molar refractivity (Wildman–Crippen MR) is 80.4 cm³/mol. The van der Waals surface area contributed by atoms with Crippen molar-refractivity contribution in [3.05, 3.63) is 47.0 Å². The second-order valence-electron chi connectivity index (χ2n) is 4.60. The molecular weight excluding hydrogens is 290 g/mol. The van der Waals surface area contributed by atoms with E-state index in [1.807, 2.05) is 20.0 Å². The lowest BCUT2D eigenvalue weighted by Crippen LogP contribution is -2.13. The summed E-state index contributed by atoms with van der Waals surface area (Å²) < 4.78 is 1.70. The lowest BCUT2D eigenvalue weighted by Gasteiger charge is -2.06. The van der Waals surface area contributed by atoms with Crippen molar-refractivity contribution in [2.24, 2.45) is 7.05 Å². The summed E-state index contributed by atoms with van der Waals surface area (Å²) in [4.78, 5) is 20.4. The minimum Gasteiger partial charge on any atom is -0.320 e. The first kappa shape index (κ1) is 13.5. The fourth-order valence-electron chi connectivity index (χ4n) is 2.13. The molecule has 0 aliphatic rings. The highest BCUT2D eigenvalue weighted by molar-refractivity contribution is 6.33. The highest BCUT2D eigenvalue weighted by Crippen LogP contribution is 2.20. The topological polar surface area (TPSA) is 72.7 Å². The van der Waals surface area contributed by atoms with Gasteiger partial charge in [0.2, 0.25) is 0 Å². The van der Waals surface area contributed by atoms with Crippen LogP contribution in [0.2, 0.25) is 5.15 Å². The van der Waals surface area contributed by atoms with E-state index in [2.05, 4.69) is 20.4 Å². The molecule has 0 saturated heterocycles. The normalized spacial score (nSPS) is 10.8. The number of anilines is 1. The number of rotatable bonds is 2. The van der Waals surface area contributed by atoms with Gasteiger partial charge in [-0.3, -0.25) is 9.48 Å². The lowest BCUT2D eigenvalue weighted by atomic mass is 10.2. The number of fused-ring (bicyclic) bond motifs is 1. The Labute approximate surface area is 125 Å². The third kappa shape index (κ3) is 2.45. The summed E-state index contributed by atoms with van der Waals surface area (Å²) in [5, 5.41) is 8.12. The molecule has 3 rings (SSSR count). The molecule has 0 aliphatic heterocycles. The third-order valence-electron chi connectivity index (χ3n) is 3.12. The van der Waals surface area contributed by atoms with Gasteiger partial charge in [-0.25, -0.2) is 9.97 Å². The number of nitrogens with one attached hydrogen (secondary N) is 1. The van der Waals surface area contributed by atoms with Crippen molar-refractivity contribution >= 4 is 34.2 Å². The number of nitrogens with zero attached hydrogens (tertiary/aromatic N) is 4. The van der Waals surface area contributed by atoms with Gasteiger partial charge < -0.3 is 5.32 Å². The first-order valence-electron chi connectivity index (χ1n) is 6.27. The van der Waals surface area contributed by atoms with Crippen LogP contribution in [-0.2, 0) is 7.05 Å². The quantitative estimate of drug-likeness (QED) is 0.738. The number of halogens is 1. The Balaban J connectivity index is 1.93. The van der Waals surface area contributed by atoms with Crippen LogP contribution in [0.5, 0.6) is 0 Å². The average Bonchev–Trinajstić information content (AvgIpc) is 2.74. The molecular formula is C14H12ClN5O. The molecule has 0 radical (unpaired) electrons. The molecule has 0 aliphatic carbocycles. The summed E-state index contributed by atoms with van der Waals surface area (Å²) in [7, 11) is 1.83. The van der Waals surface area contributed by atoms with E-state index in [4.69, 9.17) is 11.6 Å². The molecule has 3 aromatic rings. The molecule has 7 heteroatoms. The van der Waals surface area contributed by atoms with E-state index in [1.54, 1.807) is 23.0 Å². The predicted octanol–water partition coefficient (Wildman–Crippen LogP) is 2.58. The van der Waals surface area contributed by atoms with Gasteiger partial charge in [0.15, 0.2) is 5.65 Å². The van der Waals surface area contributed by atoms with E-state index in [9.17, 15) is 4.79 Å². The molecule has 3 heterocycles. The van der Waals surface area contributed by atoms with E-state index in [1.165, 1.54) is 6.20 Å². The highest BCUT2D eigenvalue weighted by atomic mass is 35.5. The second-order valence-corrected chi connectivity index (χ2v) is 4.96. The monoisotopic (exact) mass is 301 g/mol. The number of hydrogen-bond donors (Lipinski definition) is 1. The van der Waals surface area contributed by atoms with Crippen LogP contribution in [0.4, 0.5) is 5.69 Å². The van der Waals surface area contributed by atoms with Crippen LogP contribution in [0, 0.1) is 6.92 Å². The van der Waals surface area contributed by atoms with E-state index < -0.39 is 0 Å². The summed E-state index contributed by atoms with van der Waals surface area (Å²) in [5.41, 5.74) is 2.53. The van der Waals surface area contributed by atoms with E-state index in [-0.39, 0.29) is 11.1 Å². The largest absolute Gasteiger partial charge is 0.320 e. The van der Waals surface area contributed by atoms with E-state index in [0.29, 0.717) is 11.3 Å². The first-order chi connectivity index (χ1) is 10.1. The van der Waals surface area contributed by atoms with Gasteiger partial charge >= 0.3 is 0 Å². The highest BCUT2D eigenvalue weighted by Gasteiger charge is 2.12. The van der Waals surface area contributed by atoms with Gasteiger partial charge in [0.25, 0.3) is 5.91 Å². The molecule has 3 aromatic heterocycles. The van der Waals surface area contributed by atoms with Crippen LogP contribution < -0.4 is 5.32 Å². The second kappa shape index (κ2) is 5.14. The SMILES string of the molecule is Cc1nn(C)c2ncc(NC(=O)c3cccnc3Cl)cc12. The Morgan fingerprint density at radius 3 is 2.95 bits per heavy atom. The van der Waals surface area contributed by atoms with Crippen LogP contribution in [0.15, 0.2) is 30.6 Å². The van der Waals surface area contributed by atoms with Crippen molar-refractivity contribution < 1.29 is 4.79 Å². The van der Waals surface area contributed by atoms with Crippen molar-refractivity contribution in [3.8, 4) is 0 Å². The lowest BCUT2D eigenvalue weighted by molar-refractivity contribution is 0.102. The minimum absolute atomic E-state index is 0.168. The summed E-state index contributed by atoms with van der Waals surface area (Å²) in [5.74, 6) is -0.323. The summed E-state index contributed by atoms with van der Waals surface area (Å²) in [6.07, 6.45) is 3.12. The van der Waals surface area contributed by atoms with Crippen molar-refractivity contribution in [3.63, 3.8) is 0 Å². The molecule has 0 spiro atoms. The molecule has 0 unspecified atom stereocenters. The molecule has 0 bridgehead atoms. The number of hydrogen-bond acceptors (Lipinski definition) is 4. The Morgan fingerprint density at radius 1 is 1.38 bits per heavy atom. The molecule has 1 amide bonds. The van der Waals surface area contributed by atoms with Crippen molar-refractivity contribution in [1.29, 1.82) is 0 Å².